The van der Waals surface area contributed by atoms with Gasteiger partial charge in [0.1, 0.15) is 0 Å². The molecule has 4 nitrogen and oxygen atoms in total. The van der Waals surface area contributed by atoms with Gasteiger partial charge >= 0.3 is 11.9 Å². The molecule has 0 amide bonds. The second-order valence-corrected chi connectivity index (χ2v) is 4.93. The summed E-state index contributed by atoms with van der Waals surface area (Å²) in [6, 6.07) is 0. The van der Waals surface area contributed by atoms with E-state index in [1.54, 1.807) is 6.92 Å². The second-order valence-electron chi connectivity index (χ2n) is 4.93. The summed E-state index contributed by atoms with van der Waals surface area (Å²) in [6.07, 6.45) is 3.22. The maximum Gasteiger partial charge on any atom is 0.306 e. The van der Waals surface area contributed by atoms with Crippen LogP contribution in [0.1, 0.15) is 59.8 Å². The van der Waals surface area contributed by atoms with Crippen molar-refractivity contribution in [2.45, 2.75) is 65.9 Å². The van der Waals surface area contributed by atoms with Crippen LogP contribution in [0.5, 0.6) is 0 Å². The summed E-state index contributed by atoms with van der Waals surface area (Å²) >= 11 is 0. The molecule has 0 N–H and O–H groups in total. The highest BCUT2D eigenvalue weighted by Crippen LogP contribution is 2.11. The van der Waals surface area contributed by atoms with Crippen LogP contribution in [0.25, 0.3) is 0 Å². The van der Waals surface area contributed by atoms with Crippen molar-refractivity contribution in [1.29, 1.82) is 0 Å². The molecule has 0 saturated carbocycles. The number of carbonyl (C=O) groups is 2. The molecule has 0 heterocycles. The standard InChI is InChI=1S/C14H26O4/c1-5-17-13(15)9-10-14(16)18-12(4)8-6-7-11(2)3/h11-12H,5-10H2,1-4H3. The van der Waals surface area contributed by atoms with E-state index in [4.69, 9.17) is 9.47 Å². The summed E-state index contributed by atoms with van der Waals surface area (Å²) in [5, 5.41) is 0. The third-order valence-corrected chi connectivity index (χ3v) is 2.56. The minimum absolute atomic E-state index is 0.0709. The lowest BCUT2D eigenvalue weighted by molar-refractivity contribution is -0.153. The van der Waals surface area contributed by atoms with Gasteiger partial charge in [0.25, 0.3) is 0 Å². The summed E-state index contributed by atoms with van der Waals surface area (Å²) in [7, 11) is 0. The number of hydrogen-bond donors (Lipinski definition) is 0. The molecule has 0 aromatic carbocycles. The molecular weight excluding hydrogens is 232 g/mol. The molecular formula is C14H26O4. The Bertz CT molecular complexity index is 248. The number of carbonyl (C=O) groups excluding carboxylic acids is 2. The van der Waals surface area contributed by atoms with Gasteiger partial charge in [0.2, 0.25) is 0 Å². The van der Waals surface area contributed by atoms with E-state index in [2.05, 4.69) is 13.8 Å². The van der Waals surface area contributed by atoms with Crippen LogP contribution in [0, 0.1) is 5.92 Å². The topological polar surface area (TPSA) is 52.6 Å². The zero-order valence-electron chi connectivity index (χ0n) is 12.0. The van der Waals surface area contributed by atoms with E-state index >= 15 is 0 Å². The molecule has 106 valence electrons. The van der Waals surface area contributed by atoms with Crippen molar-refractivity contribution in [3.63, 3.8) is 0 Å². The van der Waals surface area contributed by atoms with Gasteiger partial charge in [0.05, 0.1) is 25.6 Å². The molecule has 0 aromatic rings. The van der Waals surface area contributed by atoms with Crippen molar-refractivity contribution in [2.75, 3.05) is 6.61 Å². The van der Waals surface area contributed by atoms with E-state index in [1.165, 1.54) is 0 Å². The summed E-state index contributed by atoms with van der Waals surface area (Å²) in [5.41, 5.74) is 0. The van der Waals surface area contributed by atoms with Crippen molar-refractivity contribution >= 4 is 11.9 Å². The minimum atomic E-state index is -0.345. The van der Waals surface area contributed by atoms with Gasteiger partial charge in [-0.1, -0.05) is 20.3 Å². The lowest BCUT2D eigenvalue weighted by Gasteiger charge is -2.13. The predicted octanol–water partition coefficient (Wildman–Crippen LogP) is 3.09. The molecule has 0 saturated heterocycles. The van der Waals surface area contributed by atoms with Gasteiger partial charge < -0.3 is 9.47 Å². The van der Waals surface area contributed by atoms with Crippen molar-refractivity contribution < 1.29 is 19.1 Å². The van der Waals surface area contributed by atoms with Crippen LogP contribution in [0.3, 0.4) is 0 Å². The fourth-order valence-corrected chi connectivity index (χ4v) is 1.59. The van der Waals surface area contributed by atoms with Crippen LogP contribution in [0.2, 0.25) is 0 Å². The van der Waals surface area contributed by atoms with E-state index in [9.17, 15) is 9.59 Å². The van der Waals surface area contributed by atoms with E-state index in [1.807, 2.05) is 6.92 Å². The van der Waals surface area contributed by atoms with E-state index in [-0.39, 0.29) is 30.9 Å². The summed E-state index contributed by atoms with van der Waals surface area (Å²) in [5.74, 6) is 0.0127. The summed E-state index contributed by atoms with van der Waals surface area (Å²) in [6.45, 7) is 8.33. The van der Waals surface area contributed by atoms with Gasteiger partial charge in [0.15, 0.2) is 0 Å². The Morgan fingerprint density at radius 2 is 1.61 bits per heavy atom. The largest absolute Gasteiger partial charge is 0.466 e. The van der Waals surface area contributed by atoms with Crippen molar-refractivity contribution in [3.8, 4) is 0 Å². The highest BCUT2D eigenvalue weighted by Gasteiger charge is 2.12. The lowest BCUT2D eigenvalue weighted by Crippen LogP contribution is -2.16. The van der Waals surface area contributed by atoms with Gasteiger partial charge in [0, 0.05) is 0 Å². The van der Waals surface area contributed by atoms with E-state index in [0.29, 0.717) is 12.5 Å². The molecule has 4 heteroatoms. The summed E-state index contributed by atoms with van der Waals surface area (Å²) < 4.78 is 9.96. The lowest BCUT2D eigenvalue weighted by atomic mass is 10.0. The van der Waals surface area contributed by atoms with Gasteiger partial charge in [-0.15, -0.1) is 0 Å². The number of ether oxygens (including phenoxy) is 2. The first-order valence-electron chi connectivity index (χ1n) is 6.80. The molecule has 0 spiro atoms. The van der Waals surface area contributed by atoms with E-state index < -0.39 is 0 Å². The quantitative estimate of drug-likeness (QED) is 0.596. The third kappa shape index (κ3) is 10.1. The molecule has 0 rings (SSSR count). The van der Waals surface area contributed by atoms with E-state index in [0.717, 1.165) is 19.3 Å². The Hall–Kier alpha value is -1.06. The maximum atomic E-state index is 11.4. The highest BCUT2D eigenvalue weighted by atomic mass is 16.5. The minimum Gasteiger partial charge on any atom is -0.466 e. The van der Waals surface area contributed by atoms with Crippen LogP contribution < -0.4 is 0 Å². The molecule has 0 aliphatic carbocycles. The molecule has 0 aliphatic rings. The molecule has 0 aliphatic heterocycles. The first-order chi connectivity index (χ1) is 8.45. The van der Waals surface area contributed by atoms with Gasteiger partial charge in [-0.05, 0) is 32.6 Å². The molecule has 0 radical (unpaired) electrons. The fourth-order valence-electron chi connectivity index (χ4n) is 1.59. The first-order valence-corrected chi connectivity index (χ1v) is 6.80. The molecule has 0 fully saturated rings. The van der Waals surface area contributed by atoms with Gasteiger partial charge in [-0.2, -0.15) is 0 Å². The average Bonchev–Trinajstić information content (AvgIpc) is 2.26. The van der Waals surface area contributed by atoms with Crippen LogP contribution in [0.4, 0.5) is 0 Å². The number of hydrogen-bond acceptors (Lipinski definition) is 4. The zero-order valence-corrected chi connectivity index (χ0v) is 12.0. The van der Waals surface area contributed by atoms with Gasteiger partial charge in [-0.25, -0.2) is 0 Å². The van der Waals surface area contributed by atoms with Crippen molar-refractivity contribution in [3.05, 3.63) is 0 Å². The Labute approximate surface area is 110 Å². The molecule has 1 atom stereocenters. The van der Waals surface area contributed by atoms with Crippen LogP contribution in [-0.2, 0) is 19.1 Å². The fraction of sp³-hybridized carbons (Fsp3) is 0.857. The SMILES string of the molecule is CCOC(=O)CCC(=O)OC(C)CCCC(C)C. The highest BCUT2D eigenvalue weighted by molar-refractivity contribution is 5.77. The second kappa shape index (κ2) is 9.92. The molecule has 1 unspecified atom stereocenters. The predicted molar refractivity (Wildman–Crippen MR) is 70.1 cm³/mol. The molecule has 18 heavy (non-hydrogen) atoms. The van der Waals surface area contributed by atoms with Gasteiger partial charge in [-0.3, -0.25) is 9.59 Å². The molecule has 0 aromatic heterocycles. The first kappa shape index (κ1) is 16.9. The average molecular weight is 258 g/mol. The van der Waals surface area contributed by atoms with Crippen molar-refractivity contribution in [2.24, 2.45) is 5.92 Å². The van der Waals surface area contributed by atoms with Crippen LogP contribution in [0.15, 0.2) is 0 Å². The zero-order chi connectivity index (χ0) is 14.0. The van der Waals surface area contributed by atoms with Crippen LogP contribution >= 0.6 is 0 Å². The monoisotopic (exact) mass is 258 g/mol. The number of esters is 2. The Morgan fingerprint density at radius 3 is 2.17 bits per heavy atom. The Morgan fingerprint density at radius 1 is 1.00 bits per heavy atom. The normalized spacial score (nSPS) is 12.3. The number of rotatable bonds is 9. The maximum absolute atomic E-state index is 11.4. The Balaban J connectivity index is 3.64. The Kier molecular flexibility index (Phi) is 9.33. The third-order valence-electron chi connectivity index (χ3n) is 2.56. The van der Waals surface area contributed by atoms with Crippen LogP contribution in [-0.4, -0.2) is 24.6 Å². The molecule has 0 bridgehead atoms. The van der Waals surface area contributed by atoms with Crippen molar-refractivity contribution in [1.82, 2.24) is 0 Å². The smallest absolute Gasteiger partial charge is 0.306 e. The summed E-state index contributed by atoms with van der Waals surface area (Å²) in [4.78, 5) is 22.5.